The number of hydrogen-bond donors (Lipinski definition) is 0. The molecule has 0 aliphatic carbocycles. The molecular weight excluding hydrogens is 152 g/mol. The van der Waals surface area contributed by atoms with Crippen LogP contribution in [0.3, 0.4) is 0 Å². The molecule has 0 bridgehead atoms. The molecular formula is C10H14O2. The predicted octanol–water partition coefficient (Wildman–Crippen LogP) is 2.07. The molecule has 0 amide bonds. The van der Waals surface area contributed by atoms with Gasteiger partial charge in [-0.1, -0.05) is 12.7 Å². The van der Waals surface area contributed by atoms with Crippen LogP contribution in [-0.2, 0) is 9.53 Å². The number of rotatable bonds is 2. The van der Waals surface area contributed by atoms with Gasteiger partial charge in [-0.25, -0.2) is 0 Å². The third kappa shape index (κ3) is 1.97. The van der Waals surface area contributed by atoms with Crippen LogP contribution < -0.4 is 0 Å². The molecule has 2 atom stereocenters. The summed E-state index contributed by atoms with van der Waals surface area (Å²) in [4.78, 5) is 11.0. The highest BCUT2D eigenvalue weighted by Crippen LogP contribution is 2.25. The minimum Gasteiger partial charge on any atom is -0.458 e. The van der Waals surface area contributed by atoms with E-state index in [1.54, 1.807) is 0 Å². The van der Waals surface area contributed by atoms with Crippen LogP contribution >= 0.6 is 0 Å². The minimum absolute atomic E-state index is 0.103. The zero-order valence-corrected chi connectivity index (χ0v) is 7.38. The van der Waals surface area contributed by atoms with Crippen molar-refractivity contribution >= 4 is 5.97 Å². The van der Waals surface area contributed by atoms with Crippen LogP contribution in [0.25, 0.3) is 0 Å². The summed E-state index contributed by atoms with van der Waals surface area (Å²) >= 11 is 0. The van der Waals surface area contributed by atoms with Gasteiger partial charge in [-0.3, -0.25) is 4.79 Å². The second-order valence-electron chi connectivity index (χ2n) is 3.26. The highest BCUT2D eigenvalue weighted by atomic mass is 16.5. The number of allylic oxidation sites excluding steroid dienone is 1. The normalized spacial score (nSPS) is 29.2. The first-order valence-corrected chi connectivity index (χ1v) is 4.11. The van der Waals surface area contributed by atoms with Crippen LogP contribution in [0.5, 0.6) is 0 Å². The molecule has 2 heteroatoms. The van der Waals surface area contributed by atoms with E-state index in [2.05, 4.69) is 13.2 Å². The first-order chi connectivity index (χ1) is 5.63. The molecule has 0 saturated carbocycles. The summed E-state index contributed by atoms with van der Waals surface area (Å²) in [6.45, 7) is 9.32. The molecule has 0 aromatic carbocycles. The molecule has 0 radical (unpaired) electrons. The van der Waals surface area contributed by atoms with Crippen LogP contribution in [-0.4, -0.2) is 12.1 Å². The highest BCUT2D eigenvalue weighted by Gasteiger charge is 2.26. The van der Waals surface area contributed by atoms with Gasteiger partial charge in [0, 0.05) is 0 Å². The number of carbonyl (C=O) groups excluding carboxylic acids is 1. The van der Waals surface area contributed by atoms with Gasteiger partial charge in [-0.2, -0.15) is 0 Å². The summed E-state index contributed by atoms with van der Waals surface area (Å²) in [6, 6.07) is 0. The minimum atomic E-state index is -0.140. The van der Waals surface area contributed by atoms with Crippen LogP contribution in [0, 0.1) is 5.92 Å². The third-order valence-electron chi connectivity index (χ3n) is 2.10. The van der Waals surface area contributed by atoms with Crippen molar-refractivity contribution in [1.29, 1.82) is 0 Å². The Hall–Kier alpha value is -1.05. The van der Waals surface area contributed by atoms with Gasteiger partial charge in [-0.05, 0) is 24.8 Å². The van der Waals surface area contributed by atoms with E-state index in [0.29, 0.717) is 6.42 Å². The molecule has 1 aliphatic heterocycles. The number of esters is 1. The van der Waals surface area contributed by atoms with Gasteiger partial charge in [0.2, 0.25) is 0 Å². The Morgan fingerprint density at radius 2 is 2.42 bits per heavy atom. The van der Waals surface area contributed by atoms with E-state index in [9.17, 15) is 4.79 Å². The molecule has 0 spiro atoms. The molecule has 66 valence electrons. The van der Waals surface area contributed by atoms with E-state index in [0.717, 1.165) is 12.0 Å². The number of hydrogen-bond acceptors (Lipinski definition) is 2. The fraction of sp³-hybridized carbons (Fsp3) is 0.500. The van der Waals surface area contributed by atoms with Crippen LogP contribution in [0.1, 0.15) is 19.8 Å². The fourth-order valence-electron chi connectivity index (χ4n) is 1.31. The lowest BCUT2D eigenvalue weighted by molar-refractivity contribution is -0.153. The van der Waals surface area contributed by atoms with E-state index in [4.69, 9.17) is 4.74 Å². The molecule has 1 fully saturated rings. The lowest BCUT2D eigenvalue weighted by atomic mass is 9.93. The van der Waals surface area contributed by atoms with Crippen molar-refractivity contribution in [2.45, 2.75) is 25.9 Å². The number of ether oxygens (including phenoxy) is 1. The smallest absolute Gasteiger partial charge is 0.306 e. The van der Waals surface area contributed by atoms with Crippen molar-refractivity contribution in [3.05, 3.63) is 24.8 Å². The summed E-state index contributed by atoms with van der Waals surface area (Å²) in [5, 5.41) is 0. The summed E-state index contributed by atoms with van der Waals surface area (Å²) in [5.74, 6) is 0.118. The molecule has 12 heavy (non-hydrogen) atoms. The standard InChI is InChI=1S/C10H14O2/c1-4-8-5-9(7(2)3)12-10(11)6-8/h4,8-9H,1-2,5-6H2,3H3/t8-,9-/m1/s1. The largest absolute Gasteiger partial charge is 0.458 e. The first kappa shape index (κ1) is 9.04. The van der Waals surface area contributed by atoms with E-state index < -0.39 is 0 Å². The topological polar surface area (TPSA) is 26.3 Å². The molecule has 1 rings (SSSR count). The Kier molecular flexibility index (Phi) is 2.69. The average Bonchev–Trinajstić information content (AvgIpc) is 2.03. The van der Waals surface area contributed by atoms with Gasteiger partial charge in [0.25, 0.3) is 0 Å². The van der Waals surface area contributed by atoms with E-state index in [-0.39, 0.29) is 18.0 Å². The first-order valence-electron chi connectivity index (χ1n) is 4.11. The quantitative estimate of drug-likeness (QED) is 0.463. The van der Waals surface area contributed by atoms with Gasteiger partial charge < -0.3 is 4.74 Å². The Bertz CT molecular complexity index is 218. The van der Waals surface area contributed by atoms with Crippen molar-refractivity contribution in [2.24, 2.45) is 5.92 Å². The van der Waals surface area contributed by atoms with Crippen LogP contribution in [0.4, 0.5) is 0 Å². The maximum atomic E-state index is 11.0. The lowest BCUT2D eigenvalue weighted by Gasteiger charge is -2.27. The van der Waals surface area contributed by atoms with Crippen molar-refractivity contribution in [3.8, 4) is 0 Å². The molecule has 1 aliphatic rings. The van der Waals surface area contributed by atoms with Gasteiger partial charge in [0.05, 0.1) is 6.42 Å². The van der Waals surface area contributed by atoms with Crippen molar-refractivity contribution in [2.75, 3.05) is 0 Å². The van der Waals surface area contributed by atoms with Crippen molar-refractivity contribution in [3.63, 3.8) is 0 Å². The Morgan fingerprint density at radius 1 is 1.75 bits per heavy atom. The van der Waals surface area contributed by atoms with Crippen LogP contribution in [0.2, 0.25) is 0 Å². The lowest BCUT2D eigenvalue weighted by Crippen LogP contribution is -2.29. The predicted molar refractivity (Wildman–Crippen MR) is 47.6 cm³/mol. The zero-order valence-electron chi connectivity index (χ0n) is 7.38. The molecule has 0 aromatic heterocycles. The molecule has 0 N–H and O–H groups in total. The summed E-state index contributed by atoms with van der Waals surface area (Å²) in [5.41, 5.74) is 0.912. The van der Waals surface area contributed by atoms with Crippen molar-refractivity contribution in [1.82, 2.24) is 0 Å². The number of cyclic esters (lactones) is 1. The maximum absolute atomic E-state index is 11.0. The zero-order chi connectivity index (χ0) is 9.14. The summed E-state index contributed by atoms with van der Waals surface area (Å²) in [7, 11) is 0. The molecule has 0 aromatic rings. The van der Waals surface area contributed by atoms with Crippen molar-refractivity contribution < 1.29 is 9.53 Å². The van der Waals surface area contributed by atoms with Gasteiger partial charge in [0.1, 0.15) is 6.10 Å². The van der Waals surface area contributed by atoms with Gasteiger partial charge in [-0.15, -0.1) is 6.58 Å². The fourth-order valence-corrected chi connectivity index (χ4v) is 1.31. The second-order valence-corrected chi connectivity index (χ2v) is 3.26. The van der Waals surface area contributed by atoms with Crippen LogP contribution in [0.15, 0.2) is 24.8 Å². The second kappa shape index (κ2) is 3.57. The molecule has 1 saturated heterocycles. The molecule has 1 heterocycles. The van der Waals surface area contributed by atoms with E-state index >= 15 is 0 Å². The number of carbonyl (C=O) groups is 1. The van der Waals surface area contributed by atoms with Gasteiger partial charge >= 0.3 is 5.97 Å². The van der Waals surface area contributed by atoms with Gasteiger partial charge in [0.15, 0.2) is 0 Å². The maximum Gasteiger partial charge on any atom is 0.306 e. The molecule has 2 nitrogen and oxygen atoms in total. The monoisotopic (exact) mass is 166 g/mol. The highest BCUT2D eigenvalue weighted by molar-refractivity contribution is 5.71. The third-order valence-corrected chi connectivity index (χ3v) is 2.10. The van der Waals surface area contributed by atoms with E-state index in [1.165, 1.54) is 0 Å². The Morgan fingerprint density at radius 3 is 2.92 bits per heavy atom. The Labute approximate surface area is 72.9 Å². The van der Waals surface area contributed by atoms with E-state index in [1.807, 2.05) is 13.0 Å². The Balaban J connectivity index is 2.62. The summed E-state index contributed by atoms with van der Waals surface area (Å²) < 4.78 is 5.09. The average molecular weight is 166 g/mol. The summed E-state index contributed by atoms with van der Waals surface area (Å²) in [6.07, 6.45) is 3.02. The SMILES string of the molecule is C=C[C@H]1CC(=O)O[C@@H](C(=C)C)C1. The molecule has 0 unspecified atom stereocenters.